The molecule has 2 aromatic heterocycles. The molecular weight excluding hydrogens is 426 g/mol. The monoisotopic (exact) mass is 443 g/mol. The van der Waals surface area contributed by atoms with Gasteiger partial charge >= 0.3 is 5.69 Å². The zero-order chi connectivity index (χ0) is 22.1. The Morgan fingerprint density at radius 3 is 2.16 bits per heavy atom. The van der Waals surface area contributed by atoms with Crippen LogP contribution in [0.3, 0.4) is 0 Å². The van der Waals surface area contributed by atoms with E-state index >= 15 is 0 Å². The maximum absolute atomic E-state index is 11.3. The normalized spacial score (nSPS) is 10.8. The number of nitro groups is 1. The molecule has 4 aromatic rings. The van der Waals surface area contributed by atoms with Crippen molar-refractivity contribution < 1.29 is 23.9 Å². The van der Waals surface area contributed by atoms with E-state index in [2.05, 4.69) is 15.3 Å². The van der Waals surface area contributed by atoms with Gasteiger partial charge in [-0.3, -0.25) is 10.1 Å². The molecule has 2 aromatic carbocycles. The molecule has 31 heavy (non-hydrogen) atoms. The molecule has 0 radical (unpaired) electrons. The van der Waals surface area contributed by atoms with E-state index in [-0.39, 0.29) is 11.4 Å². The quantitative estimate of drug-likeness (QED) is 0.312. The molecule has 0 spiro atoms. The van der Waals surface area contributed by atoms with Crippen LogP contribution in [0.1, 0.15) is 0 Å². The third-order valence-corrected chi connectivity index (χ3v) is 5.48. The van der Waals surface area contributed by atoms with Gasteiger partial charge in [0.1, 0.15) is 5.01 Å². The molecule has 0 aliphatic heterocycles. The molecule has 0 saturated heterocycles. The van der Waals surface area contributed by atoms with Crippen molar-refractivity contribution >= 4 is 22.0 Å². The number of nitrogens with zero attached hydrogens (tertiary/aromatic N) is 5. The van der Waals surface area contributed by atoms with Gasteiger partial charge < -0.3 is 18.9 Å². The highest BCUT2D eigenvalue weighted by molar-refractivity contribution is 7.19. The summed E-state index contributed by atoms with van der Waals surface area (Å²) in [5, 5.41) is 24.9. The third kappa shape index (κ3) is 3.46. The van der Waals surface area contributed by atoms with E-state index < -0.39 is 4.92 Å². The van der Waals surface area contributed by atoms with Crippen molar-refractivity contribution in [1.29, 1.82) is 0 Å². The van der Waals surface area contributed by atoms with Crippen LogP contribution in [0.2, 0.25) is 0 Å². The predicted octanol–water partition coefficient (Wildman–Crippen LogP) is 3.46. The Balaban J connectivity index is 1.83. The molecule has 160 valence electrons. The largest absolute Gasteiger partial charge is 0.493 e. The number of hydrogen-bond acceptors (Lipinski definition) is 10. The summed E-state index contributed by atoms with van der Waals surface area (Å²) in [5.74, 6) is 2.03. The third-order valence-electron chi connectivity index (χ3n) is 4.54. The molecule has 0 bridgehead atoms. The summed E-state index contributed by atoms with van der Waals surface area (Å²) < 4.78 is 22.8. The SMILES string of the molecule is COc1ccc(-c2nn3c(-c4cc(OC)c(OC)c(OC)c4)nnc3s2)cc1[N+](=O)[O-]. The fraction of sp³-hybridized carbons (Fsp3) is 0.211. The van der Waals surface area contributed by atoms with Crippen molar-refractivity contribution in [1.82, 2.24) is 19.8 Å². The topological polar surface area (TPSA) is 123 Å². The van der Waals surface area contributed by atoms with Crippen LogP contribution in [0, 0.1) is 10.1 Å². The fourth-order valence-electron chi connectivity index (χ4n) is 3.09. The first-order valence-electron chi connectivity index (χ1n) is 8.86. The van der Waals surface area contributed by atoms with Gasteiger partial charge in [0, 0.05) is 17.2 Å². The standard InChI is InChI=1S/C19H17N5O6S/c1-27-13-6-5-10(7-12(13)24(25)26)18-22-23-17(20-21-19(23)31-18)11-8-14(28-2)16(30-4)15(9-11)29-3/h5-9H,1-4H3. The lowest BCUT2D eigenvalue weighted by Gasteiger charge is -2.13. The van der Waals surface area contributed by atoms with Crippen molar-refractivity contribution in [3.63, 3.8) is 0 Å². The molecule has 0 unspecified atom stereocenters. The maximum Gasteiger partial charge on any atom is 0.311 e. The van der Waals surface area contributed by atoms with E-state index in [1.165, 1.54) is 51.9 Å². The second kappa shape index (κ2) is 8.07. The van der Waals surface area contributed by atoms with Gasteiger partial charge in [0.05, 0.1) is 33.4 Å². The second-order valence-corrected chi connectivity index (χ2v) is 7.14. The number of hydrogen-bond donors (Lipinski definition) is 0. The van der Waals surface area contributed by atoms with Crippen LogP contribution < -0.4 is 18.9 Å². The number of nitro benzene ring substituents is 1. The smallest absolute Gasteiger partial charge is 0.311 e. The number of aromatic nitrogens is 4. The fourth-order valence-corrected chi connectivity index (χ4v) is 3.93. The van der Waals surface area contributed by atoms with Gasteiger partial charge in [-0.25, -0.2) is 0 Å². The molecule has 2 heterocycles. The molecular formula is C19H17N5O6S. The molecule has 0 fully saturated rings. The van der Waals surface area contributed by atoms with Crippen LogP contribution in [0.5, 0.6) is 23.0 Å². The van der Waals surface area contributed by atoms with Crippen molar-refractivity contribution in [3.05, 3.63) is 40.4 Å². The van der Waals surface area contributed by atoms with Gasteiger partial charge in [-0.05, 0) is 24.3 Å². The van der Waals surface area contributed by atoms with Crippen LogP contribution >= 0.6 is 11.3 Å². The first kappa shape index (κ1) is 20.3. The molecule has 0 atom stereocenters. The minimum atomic E-state index is -0.496. The summed E-state index contributed by atoms with van der Waals surface area (Å²) in [7, 11) is 5.96. The Labute approximate surface area is 179 Å². The molecule has 0 aliphatic carbocycles. The van der Waals surface area contributed by atoms with Crippen LogP contribution in [-0.4, -0.2) is 53.2 Å². The average Bonchev–Trinajstić information content (AvgIpc) is 3.38. The van der Waals surface area contributed by atoms with Crippen molar-refractivity contribution in [2.45, 2.75) is 0 Å². The first-order chi connectivity index (χ1) is 15.0. The zero-order valence-electron chi connectivity index (χ0n) is 17.0. The van der Waals surface area contributed by atoms with Crippen LogP contribution in [0.15, 0.2) is 30.3 Å². The van der Waals surface area contributed by atoms with Gasteiger partial charge in [0.2, 0.25) is 10.7 Å². The Morgan fingerprint density at radius 2 is 1.58 bits per heavy atom. The van der Waals surface area contributed by atoms with E-state index in [0.717, 1.165) is 0 Å². The van der Waals surface area contributed by atoms with Gasteiger partial charge in [-0.1, -0.05) is 11.3 Å². The highest BCUT2D eigenvalue weighted by atomic mass is 32.1. The Morgan fingerprint density at radius 1 is 0.903 bits per heavy atom. The molecule has 0 saturated carbocycles. The lowest BCUT2D eigenvalue weighted by molar-refractivity contribution is -0.385. The lowest BCUT2D eigenvalue weighted by atomic mass is 10.1. The predicted molar refractivity (Wildman–Crippen MR) is 112 cm³/mol. The van der Waals surface area contributed by atoms with E-state index in [9.17, 15) is 10.1 Å². The summed E-state index contributed by atoms with van der Waals surface area (Å²) in [6, 6.07) is 8.15. The Bertz CT molecular complexity index is 1260. The summed E-state index contributed by atoms with van der Waals surface area (Å²) >= 11 is 1.25. The summed E-state index contributed by atoms with van der Waals surface area (Å²) in [4.78, 5) is 11.4. The molecule has 0 amide bonds. The summed E-state index contributed by atoms with van der Waals surface area (Å²) in [6.45, 7) is 0. The van der Waals surface area contributed by atoms with Gasteiger partial charge in [0.15, 0.2) is 23.1 Å². The maximum atomic E-state index is 11.3. The minimum Gasteiger partial charge on any atom is -0.493 e. The summed E-state index contributed by atoms with van der Waals surface area (Å²) in [6.07, 6.45) is 0. The number of ether oxygens (including phenoxy) is 4. The van der Waals surface area contributed by atoms with Gasteiger partial charge in [-0.2, -0.15) is 9.61 Å². The molecule has 0 aliphatic rings. The number of rotatable bonds is 7. The van der Waals surface area contributed by atoms with E-state index in [1.54, 1.807) is 22.7 Å². The Hall–Kier alpha value is -3.93. The lowest BCUT2D eigenvalue weighted by Crippen LogP contribution is -1.98. The Kier molecular flexibility index (Phi) is 5.29. The molecule has 12 heteroatoms. The van der Waals surface area contributed by atoms with E-state index in [0.29, 0.717) is 44.2 Å². The minimum absolute atomic E-state index is 0.143. The van der Waals surface area contributed by atoms with Gasteiger partial charge in [0.25, 0.3) is 0 Å². The van der Waals surface area contributed by atoms with E-state index in [4.69, 9.17) is 18.9 Å². The highest BCUT2D eigenvalue weighted by Gasteiger charge is 2.21. The van der Waals surface area contributed by atoms with Gasteiger partial charge in [-0.15, -0.1) is 10.2 Å². The van der Waals surface area contributed by atoms with Crippen LogP contribution in [0.4, 0.5) is 5.69 Å². The van der Waals surface area contributed by atoms with Crippen molar-refractivity contribution in [2.24, 2.45) is 0 Å². The first-order valence-corrected chi connectivity index (χ1v) is 9.67. The van der Waals surface area contributed by atoms with E-state index in [1.807, 2.05) is 0 Å². The van der Waals surface area contributed by atoms with Crippen LogP contribution in [-0.2, 0) is 0 Å². The van der Waals surface area contributed by atoms with Crippen molar-refractivity contribution in [3.8, 4) is 45.0 Å². The van der Waals surface area contributed by atoms with Crippen molar-refractivity contribution in [2.75, 3.05) is 28.4 Å². The number of methoxy groups -OCH3 is 4. The molecule has 4 rings (SSSR count). The number of fused-ring (bicyclic) bond motifs is 1. The molecule has 0 N–H and O–H groups in total. The number of benzene rings is 2. The average molecular weight is 443 g/mol. The highest BCUT2D eigenvalue weighted by Crippen LogP contribution is 2.41. The summed E-state index contributed by atoms with van der Waals surface area (Å²) in [5.41, 5.74) is 1.08. The zero-order valence-corrected chi connectivity index (χ0v) is 17.8. The van der Waals surface area contributed by atoms with Crippen LogP contribution in [0.25, 0.3) is 26.9 Å². The molecule has 11 nitrogen and oxygen atoms in total. The second-order valence-electron chi connectivity index (χ2n) is 6.18.